The lowest BCUT2D eigenvalue weighted by Crippen LogP contribution is -2.61. The number of rotatable bonds is 1. The zero-order valence-electron chi connectivity index (χ0n) is 12.1. The molecule has 2 heterocycles. The maximum absolute atomic E-state index is 12.6. The Morgan fingerprint density at radius 1 is 1.00 bits per heavy atom. The quantitative estimate of drug-likeness (QED) is 0.800. The highest BCUT2D eigenvalue weighted by Crippen LogP contribution is 2.29. The minimum Gasteiger partial charge on any atom is -0.338 e. The van der Waals surface area contributed by atoms with E-state index in [1.807, 2.05) is 0 Å². The number of carbonyl (C=O) groups excluding carboxylic acids is 1. The van der Waals surface area contributed by atoms with Crippen molar-refractivity contribution >= 4 is 30.7 Å². The molecule has 0 radical (unpaired) electrons. The number of amides is 1. The standard InChI is InChI=1S/C14H25N3O.2ClH/c15-14(6-2-1-3-7-14)13(18)17-10-9-16-8-4-5-12(16)11-17;;/h12H,1-11,15H2;2*1H. The molecule has 2 N–H and O–H groups in total. The fourth-order valence-corrected chi connectivity index (χ4v) is 3.89. The Labute approximate surface area is 134 Å². The van der Waals surface area contributed by atoms with E-state index in [1.165, 1.54) is 25.8 Å². The molecular formula is C14H27Cl2N3O. The van der Waals surface area contributed by atoms with E-state index in [0.29, 0.717) is 6.04 Å². The van der Waals surface area contributed by atoms with Gasteiger partial charge in [-0.2, -0.15) is 0 Å². The first-order valence-corrected chi connectivity index (χ1v) is 7.51. The van der Waals surface area contributed by atoms with Gasteiger partial charge in [-0.25, -0.2) is 0 Å². The molecule has 4 nitrogen and oxygen atoms in total. The Hall–Kier alpha value is -0.0300. The van der Waals surface area contributed by atoms with Gasteiger partial charge >= 0.3 is 0 Å². The summed E-state index contributed by atoms with van der Waals surface area (Å²) in [5, 5.41) is 0. The van der Waals surface area contributed by atoms with E-state index in [4.69, 9.17) is 5.73 Å². The zero-order chi connectivity index (χ0) is 12.6. The van der Waals surface area contributed by atoms with Gasteiger partial charge in [0.15, 0.2) is 0 Å². The predicted molar refractivity (Wildman–Crippen MR) is 85.7 cm³/mol. The second-order valence-electron chi connectivity index (χ2n) is 6.30. The van der Waals surface area contributed by atoms with Crippen LogP contribution in [0.2, 0.25) is 0 Å². The zero-order valence-corrected chi connectivity index (χ0v) is 13.7. The lowest BCUT2D eigenvalue weighted by molar-refractivity contribution is -0.140. The van der Waals surface area contributed by atoms with Crippen LogP contribution in [-0.2, 0) is 4.79 Å². The van der Waals surface area contributed by atoms with Crippen LogP contribution in [0.3, 0.4) is 0 Å². The van der Waals surface area contributed by atoms with Crippen molar-refractivity contribution in [2.75, 3.05) is 26.2 Å². The molecule has 3 rings (SSSR count). The minimum absolute atomic E-state index is 0. The maximum Gasteiger partial charge on any atom is 0.242 e. The largest absolute Gasteiger partial charge is 0.338 e. The smallest absolute Gasteiger partial charge is 0.242 e. The van der Waals surface area contributed by atoms with Crippen molar-refractivity contribution in [1.82, 2.24) is 9.80 Å². The van der Waals surface area contributed by atoms with Crippen molar-refractivity contribution in [2.45, 2.75) is 56.5 Å². The molecular weight excluding hydrogens is 297 g/mol. The summed E-state index contributed by atoms with van der Waals surface area (Å²) in [6.45, 7) is 4.07. The monoisotopic (exact) mass is 323 g/mol. The Balaban J connectivity index is 0.000001000. The average molecular weight is 324 g/mol. The van der Waals surface area contributed by atoms with E-state index in [9.17, 15) is 4.79 Å². The van der Waals surface area contributed by atoms with E-state index in [0.717, 1.165) is 45.3 Å². The highest BCUT2D eigenvalue weighted by atomic mass is 35.5. The molecule has 1 atom stereocenters. The van der Waals surface area contributed by atoms with Gasteiger partial charge in [-0.05, 0) is 32.2 Å². The second kappa shape index (κ2) is 7.30. The molecule has 118 valence electrons. The predicted octanol–water partition coefficient (Wildman–Crippen LogP) is 1.80. The first-order valence-electron chi connectivity index (χ1n) is 7.51. The average Bonchev–Trinajstić information content (AvgIpc) is 2.86. The van der Waals surface area contributed by atoms with Crippen LogP contribution >= 0.6 is 24.8 Å². The molecule has 0 bridgehead atoms. The fourth-order valence-electron chi connectivity index (χ4n) is 3.89. The molecule has 0 aromatic heterocycles. The van der Waals surface area contributed by atoms with Crippen molar-refractivity contribution in [3.8, 4) is 0 Å². The van der Waals surface area contributed by atoms with Crippen molar-refractivity contribution < 1.29 is 4.79 Å². The summed E-state index contributed by atoms with van der Waals surface area (Å²) in [4.78, 5) is 17.2. The van der Waals surface area contributed by atoms with Crippen LogP contribution in [0.1, 0.15) is 44.9 Å². The summed E-state index contributed by atoms with van der Waals surface area (Å²) in [6.07, 6.45) is 7.79. The van der Waals surface area contributed by atoms with Crippen molar-refractivity contribution in [2.24, 2.45) is 5.73 Å². The third-order valence-electron chi connectivity index (χ3n) is 5.05. The van der Waals surface area contributed by atoms with Crippen LogP contribution in [0.25, 0.3) is 0 Å². The molecule has 1 amide bonds. The Bertz CT molecular complexity index is 334. The molecule has 1 saturated carbocycles. The number of carbonyl (C=O) groups is 1. The molecule has 2 aliphatic heterocycles. The molecule has 1 unspecified atom stereocenters. The number of halogens is 2. The molecule has 20 heavy (non-hydrogen) atoms. The van der Waals surface area contributed by atoms with Crippen molar-refractivity contribution in [3.05, 3.63) is 0 Å². The van der Waals surface area contributed by atoms with Gasteiger partial charge in [0.1, 0.15) is 0 Å². The first-order chi connectivity index (χ1) is 8.69. The molecule has 2 saturated heterocycles. The summed E-state index contributed by atoms with van der Waals surface area (Å²) in [7, 11) is 0. The van der Waals surface area contributed by atoms with Crippen LogP contribution < -0.4 is 5.73 Å². The van der Waals surface area contributed by atoms with Crippen molar-refractivity contribution in [1.29, 1.82) is 0 Å². The van der Waals surface area contributed by atoms with Gasteiger partial charge in [-0.15, -0.1) is 24.8 Å². The molecule has 0 spiro atoms. The summed E-state index contributed by atoms with van der Waals surface area (Å²) >= 11 is 0. The van der Waals surface area contributed by atoms with Gasteiger partial charge in [0.2, 0.25) is 5.91 Å². The Kier molecular flexibility index (Phi) is 6.58. The van der Waals surface area contributed by atoms with E-state index >= 15 is 0 Å². The van der Waals surface area contributed by atoms with Crippen LogP contribution in [0, 0.1) is 0 Å². The van der Waals surface area contributed by atoms with Gasteiger partial charge in [0.05, 0.1) is 5.54 Å². The number of nitrogens with zero attached hydrogens (tertiary/aromatic N) is 2. The van der Waals surface area contributed by atoms with Crippen LogP contribution in [-0.4, -0.2) is 53.5 Å². The summed E-state index contributed by atoms with van der Waals surface area (Å²) in [5.74, 6) is 0.230. The highest BCUT2D eigenvalue weighted by molar-refractivity contribution is 5.86. The Morgan fingerprint density at radius 2 is 1.70 bits per heavy atom. The molecule has 3 fully saturated rings. The Morgan fingerprint density at radius 3 is 2.40 bits per heavy atom. The van der Waals surface area contributed by atoms with E-state index in [2.05, 4.69) is 9.80 Å². The van der Waals surface area contributed by atoms with Crippen molar-refractivity contribution in [3.63, 3.8) is 0 Å². The minimum atomic E-state index is -0.543. The summed E-state index contributed by atoms with van der Waals surface area (Å²) < 4.78 is 0. The van der Waals surface area contributed by atoms with E-state index in [-0.39, 0.29) is 30.7 Å². The fraction of sp³-hybridized carbons (Fsp3) is 0.929. The van der Waals surface area contributed by atoms with E-state index in [1.54, 1.807) is 0 Å². The number of nitrogens with two attached hydrogens (primary N) is 1. The first kappa shape index (κ1) is 18.0. The summed E-state index contributed by atoms with van der Waals surface area (Å²) in [6, 6.07) is 0.606. The van der Waals surface area contributed by atoms with Crippen LogP contribution in [0.15, 0.2) is 0 Å². The van der Waals surface area contributed by atoms with E-state index < -0.39 is 5.54 Å². The molecule has 1 aliphatic carbocycles. The second-order valence-corrected chi connectivity index (χ2v) is 6.30. The number of hydrogen-bond acceptors (Lipinski definition) is 3. The maximum atomic E-state index is 12.6. The molecule has 0 aromatic carbocycles. The van der Waals surface area contributed by atoms with Crippen LogP contribution in [0.5, 0.6) is 0 Å². The molecule has 3 aliphatic rings. The lowest BCUT2D eigenvalue weighted by Gasteiger charge is -2.42. The third kappa shape index (κ3) is 3.41. The molecule has 6 heteroatoms. The van der Waals surface area contributed by atoms with Gasteiger partial charge < -0.3 is 10.6 Å². The lowest BCUT2D eigenvalue weighted by atomic mass is 9.81. The molecule has 0 aromatic rings. The summed E-state index contributed by atoms with van der Waals surface area (Å²) in [5.41, 5.74) is 5.82. The SMILES string of the molecule is Cl.Cl.NC1(C(=O)N2CCN3CCCC3C2)CCCCC1. The number of piperazine rings is 1. The third-order valence-corrected chi connectivity index (χ3v) is 5.05. The van der Waals surface area contributed by atoms with Gasteiger partial charge in [-0.3, -0.25) is 9.69 Å². The van der Waals surface area contributed by atoms with Gasteiger partial charge in [-0.1, -0.05) is 19.3 Å². The normalized spacial score (nSPS) is 29.1. The van der Waals surface area contributed by atoms with Gasteiger partial charge in [0.25, 0.3) is 0 Å². The van der Waals surface area contributed by atoms with Gasteiger partial charge in [0, 0.05) is 25.7 Å². The van der Waals surface area contributed by atoms with Crippen LogP contribution in [0.4, 0.5) is 0 Å². The topological polar surface area (TPSA) is 49.6 Å². The number of fused-ring (bicyclic) bond motifs is 1. The number of hydrogen-bond donors (Lipinski definition) is 1. The highest BCUT2D eigenvalue weighted by Gasteiger charge is 2.41.